The van der Waals surface area contributed by atoms with Gasteiger partial charge in [-0.05, 0) is 24.5 Å². The minimum atomic E-state index is 0.281. The molecule has 1 aliphatic heterocycles. The number of hydrogen-bond donors (Lipinski definition) is 1. The summed E-state index contributed by atoms with van der Waals surface area (Å²) >= 11 is 0. The number of furan rings is 1. The lowest BCUT2D eigenvalue weighted by Crippen LogP contribution is -2.39. The van der Waals surface area contributed by atoms with Crippen LogP contribution in [-0.2, 0) is 11.2 Å². The summed E-state index contributed by atoms with van der Waals surface area (Å²) in [6.07, 6.45) is 5.42. The summed E-state index contributed by atoms with van der Waals surface area (Å²) in [5.74, 6) is 0.450. The van der Waals surface area contributed by atoms with Gasteiger partial charge in [0.1, 0.15) is 0 Å². The van der Waals surface area contributed by atoms with Crippen LogP contribution in [0.15, 0.2) is 23.0 Å². The molecule has 0 aromatic carbocycles. The van der Waals surface area contributed by atoms with Gasteiger partial charge in [-0.25, -0.2) is 0 Å². The Morgan fingerprint density at radius 2 is 2.46 bits per heavy atom. The molecule has 0 amide bonds. The summed E-state index contributed by atoms with van der Waals surface area (Å²) in [4.78, 5) is 0. The van der Waals surface area contributed by atoms with Crippen LogP contribution < -0.4 is 5.73 Å². The Morgan fingerprint density at radius 1 is 1.54 bits per heavy atom. The fraction of sp³-hybridized carbons (Fsp3) is 0.600. The van der Waals surface area contributed by atoms with Crippen molar-refractivity contribution >= 4 is 0 Å². The molecule has 2 atom stereocenters. The van der Waals surface area contributed by atoms with E-state index in [9.17, 15) is 0 Å². The molecule has 2 N–H and O–H groups in total. The Balaban J connectivity index is 1.93. The number of ether oxygens (including phenoxy) is 1. The molecular formula is C10H15NO2. The van der Waals surface area contributed by atoms with E-state index in [0.717, 1.165) is 26.1 Å². The molecule has 1 aliphatic rings. The smallest absolute Gasteiger partial charge is 0.0934 e. The second-order valence-electron chi connectivity index (χ2n) is 3.62. The molecule has 3 heteroatoms. The van der Waals surface area contributed by atoms with E-state index < -0.39 is 0 Å². The summed E-state index contributed by atoms with van der Waals surface area (Å²) < 4.78 is 10.4. The second-order valence-corrected chi connectivity index (χ2v) is 3.62. The van der Waals surface area contributed by atoms with Gasteiger partial charge in [-0.2, -0.15) is 0 Å². The molecule has 1 saturated heterocycles. The first-order valence-corrected chi connectivity index (χ1v) is 4.70. The predicted octanol–water partition coefficient (Wildman–Crippen LogP) is 1.19. The zero-order valence-electron chi connectivity index (χ0n) is 7.61. The third kappa shape index (κ3) is 2.11. The van der Waals surface area contributed by atoms with Crippen LogP contribution in [0.25, 0.3) is 0 Å². The summed E-state index contributed by atoms with van der Waals surface area (Å²) in [5.41, 5.74) is 7.20. The molecule has 0 spiro atoms. The van der Waals surface area contributed by atoms with E-state index in [1.54, 1.807) is 12.5 Å². The van der Waals surface area contributed by atoms with Crippen molar-refractivity contribution in [2.75, 3.05) is 13.2 Å². The average Bonchev–Trinajstić information content (AvgIpc) is 2.61. The van der Waals surface area contributed by atoms with E-state index in [1.807, 2.05) is 6.07 Å². The molecule has 0 aliphatic carbocycles. The Bertz CT molecular complexity index is 245. The van der Waals surface area contributed by atoms with Crippen molar-refractivity contribution in [1.82, 2.24) is 0 Å². The van der Waals surface area contributed by atoms with Crippen LogP contribution in [0.5, 0.6) is 0 Å². The standard InChI is InChI=1S/C10H15NO2/c11-10-2-4-13-7-9(10)5-8-1-3-12-6-8/h1,3,6,9-10H,2,4-5,7,11H2. The van der Waals surface area contributed by atoms with Gasteiger partial charge in [-0.1, -0.05) is 0 Å². The van der Waals surface area contributed by atoms with Crippen LogP contribution in [-0.4, -0.2) is 19.3 Å². The van der Waals surface area contributed by atoms with Gasteiger partial charge < -0.3 is 14.9 Å². The third-order valence-electron chi connectivity index (χ3n) is 2.61. The van der Waals surface area contributed by atoms with Crippen molar-refractivity contribution < 1.29 is 9.15 Å². The SMILES string of the molecule is NC1CCOCC1Cc1ccoc1. The second kappa shape index (κ2) is 3.94. The van der Waals surface area contributed by atoms with E-state index in [-0.39, 0.29) is 6.04 Å². The first kappa shape index (κ1) is 8.78. The topological polar surface area (TPSA) is 48.4 Å². The summed E-state index contributed by atoms with van der Waals surface area (Å²) in [6.45, 7) is 1.59. The molecular weight excluding hydrogens is 166 g/mol. The minimum Gasteiger partial charge on any atom is -0.472 e. The molecule has 3 nitrogen and oxygen atoms in total. The lowest BCUT2D eigenvalue weighted by atomic mass is 9.91. The third-order valence-corrected chi connectivity index (χ3v) is 2.61. The Kier molecular flexibility index (Phi) is 2.66. The number of nitrogens with two attached hydrogens (primary N) is 1. The van der Waals surface area contributed by atoms with Crippen LogP contribution in [0.2, 0.25) is 0 Å². The zero-order valence-corrected chi connectivity index (χ0v) is 7.61. The highest BCUT2D eigenvalue weighted by molar-refractivity contribution is 5.07. The fourth-order valence-corrected chi connectivity index (χ4v) is 1.74. The quantitative estimate of drug-likeness (QED) is 0.745. The number of rotatable bonds is 2. The first-order chi connectivity index (χ1) is 6.36. The van der Waals surface area contributed by atoms with Crippen molar-refractivity contribution in [2.45, 2.75) is 18.9 Å². The molecule has 2 rings (SSSR count). The van der Waals surface area contributed by atoms with Crippen molar-refractivity contribution in [3.05, 3.63) is 24.2 Å². The molecule has 2 unspecified atom stereocenters. The van der Waals surface area contributed by atoms with Crippen molar-refractivity contribution in [3.63, 3.8) is 0 Å². The van der Waals surface area contributed by atoms with Crippen LogP contribution in [0.1, 0.15) is 12.0 Å². The molecule has 0 radical (unpaired) electrons. The zero-order chi connectivity index (χ0) is 9.10. The van der Waals surface area contributed by atoms with Crippen molar-refractivity contribution in [2.24, 2.45) is 11.7 Å². The van der Waals surface area contributed by atoms with Gasteiger partial charge in [0.25, 0.3) is 0 Å². The minimum absolute atomic E-state index is 0.281. The lowest BCUT2D eigenvalue weighted by molar-refractivity contribution is 0.0422. The van der Waals surface area contributed by atoms with Gasteiger partial charge in [-0.15, -0.1) is 0 Å². The normalized spacial score (nSPS) is 29.0. The lowest BCUT2D eigenvalue weighted by Gasteiger charge is -2.28. The largest absolute Gasteiger partial charge is 0.472 e. The van der Waals surface area contributed by atoms with Gasteiger partial charge in [0.2, 0.25) is 0 Å². The average molecular weight is 181 g/mol. The molecule has 13 heavy (non-hydrogen) atoms. The van der Waals surface area contributed by atoms with Crippen LogP contribution in [0.3, 0.4) is 0 Å². The fourth-order valence-electron chi connectivity index (χ4n) is 1.74. The molecule has 0 bridgehead atoms. The summed E-state index contributed by atoms with van der Waals surface area (Å²) in [6, 6.07) is 2.27. The molecule has 72 valence electrons. The van der Waals surface area contributed by atoms with Crippen LogP contribution in [0.4, 0.5) is 0 Å². The van der Waals surface area contributed by atoms with E-state index in [1.165, 1.54) is 5.56 Å². The highest BCUT2D eigenvalue weighted by Gasteiger charge is 2.22. The maximum atomic E-state index is 5.98. The molecule has 1 aromatic heterocycles. The molecule has 1 aromatic rings. The summed E-state index contributed by atoms with van der Waals surface area (Å²) in [5, 5.41) is 0. The Hall–Kier alpha value is -0.800. The van der Waals surface area contributed by atoms with Crippen LogP contribution in [0, 0.1) is 5.92 Å². The predicted molar refractivity (Wildman–Crippen MR) is 49.3 cm³/mol. The van der Waals surface area contributed by atoms with Gasteiger partial charge in [0.05, 0.1) is 19.1 Å². The van der Waals surface area contributed by atoms with Gasteiger partial charge in [0, 0.05) is 18.6 Å². The van der Waals surface area contributed by atoms with Crippen molar-refractivity contribution in [3.8, 4) is 0 Å². The van der Waals surface area contributed by atoms with E-state index in [0.29, 0.717) is 5.92 Å². The maximum absolute atomic E-state index is 5.98. The van der Waals surface area contributed by atoms with Gasteiger partial charge >= 0.3 is 0 Å². The molecule has 2 heterocycles. The monoisotopic (exact) mass is 181 g/mol. The highest BCUT2D eigenvalue weighted by atomic mass is 16.5. The van der Waals surface area contributed by atoms with E-state index in [2.05, 4.69) is 0 Å². The summed E-state index contributed by atoms with van der Waals surface area (Å²) in [7, 11) is 0. The maximum Gasteiger partial charge on any atom is 0.0934 e. The Labute approximate surface area is 77.9 Å². The Morgan fingerprint density at radius 3 is 3.15 bits per heavy atom. The first-order valence-electron chi connectivity index (χ1n) is 4.70. The van der Waals surface area contributed by atoms with Gasteiger partial charge in [-0.3, -0.25) is 0 Å². The highest BCUT2D eigenvalue weighted by Crippen LogP contribution is 2.18. The number of hydrogen-bond acceptors (Lipinski definition) is 3. The molecule has 1 fully saturated rings. The van der Waals surface area contributed by atoms with Crippen molar-refractivity contribution in [1.29, 1.82) is 0 Å². The van der Waals surface area contributed by atoms with Crippen LogP contribution >= 0.6 is 0 Å². The van der Waals surface area contributed by atoms with E-state index in [4.69, 9.17) is 14.9 Å². The molecule has 0 saturated carbocycles. The van der Waals surface area contributed by atoms with E-state index >= 15 is 0 Å². The van der Waals surface area contributed by atoms with Gasteiger partial charge in [0.15, 0.2) is 0 Å².